The van der Waals surface area contributed by atoms with Gasteiger partial charge in [-0.1, -0.05) is 11.6 Å². The van der Waals surface area contributed by atoms with E-state index in [9.17, 15) is 8.42 Å². The molecule has 2 N–H and O–H groups in total. The van der Waals surface area contributed by atoms with Gasteiger partial charge in [-0.25, -0.2) is 13.1 Å². The molecule has 1 saturated heterocycles. The quantitative estimate of drug-likeness (QED) is 0.632. The number of nitrogens with zero attached hydrogens (tertiary/aromatic N) is 1. The fraction of sp³-hybridized carbons (Fsp3) is 0.739. The van der Waals surface area contributed by atoms with Crippen molar-refractivity contribution in [3.05, 3.63) is 23.2 Å². The molecule has 0 radical (unpaired) electrons. The molecule has 31 heavy (non-hydrogen) atoms. The molecule has 2 aliphatic rings. The Labute approximate surface area is 193 Å². The number of morpholine rings is 1. The zero-order valence-electron chi connectivity index (χ0n) is 19.4. The standard InChI is InChI=1S/C23H38ClN3O3S/c1-16-14-27(15-17(2)30-16)22-11-10-20(12-21(22)24)25-13-18-6-8-19(9-7-18)26-31(28,29)23(3,4)5/h10-12,16-19,25-26H,6-9,13-15H2,1-5H3/t16-,17+,18-,19-. The average molecular weight is 472 g/mol. The summed E-state index contributed by atoms with van der Waals surface area (Å²) < 4.78 is 32.7. The maximum Gasteiger partial charge on any atom is 0.216 e. The summed E-state index contributed by atoms with van der Waals surface area (Å²) in [5.41, 5.74) is 2.08. The van der Waals surface area contributed by atoms with Gasteiger partial charge in [-0.05, 0) is 84.4 Å². The molecule has 0 amide bonds. The minimum absolute atomic E-state index is 0.0486. The molecule has 0 bridgehead atoms. The third-order valence-electron chi connectivity index (χ3n) is 6.28. The molecule has 2 fully saturated rings. The first-order valence-corrected chi connectivity index (χ1v) is 13.3. The summed E-state index contributed by atoms with van der Waals surface area (Å²) in [5, 5.41) is 4.28. The van der Waals surface area contributed by atoms with Crippen molar-refractivity contribution in [1.29, 1.82) is 0 Å². The van der Waals surface area contributed by atoms with E-state index in [1.54, 1.807) is 20.8 Å². The molecule has 2 atom stereocenters. The van der Waals surface area contributed by atoms with Gasteiger partial charge in [0.25, 0.3) is 0 Å². The van der Waals surface area contributed by atoms with Crippen molar-refractivity contribution in [2.45, 2.75) is 83.3 Å². The SMILES string of the molecule is C[C@@H]1CN(c2ccc(NC[C@H]3CC[C@H](NS(=O)(=O)C(C)(C)C)CC3)cc2Cl)C[C@H](C)O1. The first-order chi connectivity index (χ1) is 14.4. The summed E-state index contributed by atoms with van der Waals surface area (Å²) >= 11 is 6.61. The van der Waals surface area contributed by atoms with Crippen molar-refractivity contribution in [3.8, 4) is 0 Å². The minimum atomic E-state index is -3.29. The highest BCUT2D eigenvalue weighted by Gasteiger charge is 2.32. The summed E-state index contributed by atoms with van der Waals surface area (Å²) in [5.74, 6) is 0.537. The van der Waals surface area contributed by atoms with Gasteiger partial charge in [0.2, 0.25) is 10.0 Å². The van der Waals surface area contributed by atoms with E-state index in [1.165, 1.54) is 0 Å². The molecule has 1 aromatic carbocycles. The summed E-state index contributed by atoms with van der Waals surface area (Å²) in [6.45, 7) is 12.0. The number of hydrogen-bond acceptors (Lipinski definition) is 5. The molecule has 8 heteroatoms. The van der Waals surface area contributed by atoms with Crippen molar-refractivity contribution in [1.82, 2.24) is 4.72 Å². The van der Waals surface area contributed by atoms with Crippen LogP contribution in [0.15, 0.2) is 18.2 Å². The van der Waals surface area contributed by atoms with E-state index < -0.39 is 14.8 Å². The highest BCUT2D eigenvalue weighted by Crippen LogP contribution is 2.32. The van der Waals surface area contributed by atoms with E-state index in [4.69, 9.17) is 16.3 Å². The smallest absolute Gasteiger partial charge is 0.216 e. The first kappa shape index (κ1) is 24.6. The van der Waals surface area contributed by atoms with E-state index in [0.29, 0.717) is 5.92 Å². The number of sulfonamides is 1. The topological polar surface area (TPSA) is 70.7 Å². The number of rotatable bonds is 6. The molecule has 1 aliphatic carbocycles. The van der Waals surface area contributed by atoms with Gasteiger partial charge in [0, 0.05) is 31.4 Å². The molecule has 0 unspecified atom stereocenters. The van der Waals surface area contributed by atoms with Crippen LogP contribution >= 0.6 is 11.6 Å². The number of benzene rings is 1. The number of halogens is 1. The summed E-state index contributed by atoms with van der Waals surface area (Å²) in [6.07, 6.45) is 4.18. The third-order valence-corrected chi connectivity index (χ3v) is 8.84. The first-order valence-electron chi connectivity index (χ1n) is 11.4. The van der Waals surface area contributed by atoms with Gasteiger partial charge < -0.3 is 15.0 Å². The molecule has 0 aromatic heterocycles. The lowest BCUT2D eigenvalue weighted by atomic mass is 9.86. The lowest BCUT2D eigenvalue weighted by Crippen LogP contribution is -2.46. The number of anilines is 2. The molecule has 3 rings (SSSR count). The van der Waals surface area contributed by atoms with Gasteiger partial charge >= 0.3 is 0 Å². The molecule has 1 aliphatic heterocycles. The Hall–Kier alpha value is -1.02. The average Bonchev–Trinajstić information content (AvgIpc) is 2.65. The Balaban J connectivity index is 1.49. The van der Waals surface area contributed by atoms with Crippen LogP contribution < -0.4 is 14.9 Å². The number of ether oxygens (including phenoxy) is 1. The number of hydrogen-bond donors (Lipinski definition) is 2. The number of nitrogens with one attached hydrogen (secondary N) is 2. The van der Waals surface area contributed by atoms with Crippen molar-refractivity contribution in [2.75, 3.05) is 29.9 Å². The molecular formula is C23H38ClN3O3S. The molecule has 1 heterocycles. The van der Waals surface area contributed by atoms with E-state index >= 15 is 0 Å². The Bertz CT molecular complexity index is 838. The van der Waals surface area contributed by atoms with Crippen LogP contribution in [0.25, 0.3) is 0 Å². The van der Waals surface area contributed by atoms with Crippen LogP contribution in [-0.4, -0.2) is 51.0 Å². The third kappa shape index (κ3) is 6.50. The maximum atomic E-state index is 12.4. The monoisotopic (exact) mass is 471 g/mol. The van der Waals surface area contributed by atoms with Gasteiger partial charge in [-0.3, -0.25) is 0 Å². The largest absolute Gasteiger partial charge is 0.385 e. The zero-order valence-corrected chi connectivity index (χ0v) is 21.0. The summed E-state index contributed by atoms with van der Waals surface area (Å²) in [6, 6.07) is 6.24. The van der Waals surface area contributed by atoms with E-state index in [1.807, 2.05) is 6.07 Å². The Morgan fingerprint density at radius 2 is 1.71 bits per heavy atom. The Morgan fingerprint density at radius 1 is 1.10 bits per heavy atom. The molecule has 6 nitrogen and oxygen atoms in total. The van der Waals surface area contributed by atoms with Crippen molar-refractivity contribution in [3.63, 3.8) is 0 Å². The van der Waals surface area contributed by atoms with Gasteiger partial charge in [0.15, 0.2) is 0 Å². The normalized spacial score (nSPS) is 27.9. The van der Waals surface area contributed by atoms with E-state index in [2.05, 4.69) is 40.9 Å². The maximum absolute atomic E-state index is 12.4. The van der Waals surface area contributed by atoms with Crippen LogP contribution in [0.3, 0.4) is 0 Å². The minimum Gasteiger partial charge on any atom is -0.385 e. The molecule has 0 spiro atoms. The van der Waals surface area contributed by atoms with E-state index in [0.717, 1.165) is 61.7 Å². The Kier molecular flexibility index (Phi) is 7.83. The van der Waals surface area contributed by atoms with Crippen LogP contribution in [0.5, 0.6) is 0 Å². The molecular weight excluding hydrogens is 434 g/mol. The van der Waals surface area contributed by atoms with Gasteiger partial charge in [-0.15, -0.1) is 0 Å². The van der Waals surface area contributed by atoms with Crippen LogP contribution in [0.4, 0.5) is 11.4 Å². The molecule has 1 aromatic rings. The lowest BCUT2D eigenvalue weighted by Gasteiger charge is -2.37. The summed E-state index contributed by atoms with van der Waals surface area (Å²) in [4.78, 5) is 2.30. The van der Waals surface area contributed by atoms with Crippen LogP contribution in [0, 0.1) is 5.92 Å². The fourth-order valence-electron chi connectivity index (χ4n) is 4.39. The van der Waals surface area contributed by atoms with Crippen molar-refractivity contribution >= 4 is 33.0 Å². The molecule has 1 saturated carbocycles. The summed E-state index contributed by atoms with van der Waals surface area (Å²) in [7, 11) is -3.29. The van der Waals surface area contributed by atoms with Crippen molar-refractivity contribution in [2.24, 2.45) is 5.92 Å². The van der Waals surface area contributed by atoms with Gasteiger partial charge in [-0.2, -0.15) is 0 Å². The highest BCUT2D eigenvalue weighted by molar-refractivity contribution is 7.90. The Morgan fingerprint density at radius 3 is 2.26 bits per heavy atom. The predicted octanol–water partition coefficient (Wildman–Crippen LogP) is 4.64. The molecule has 176 valence electrons. The second kappa shape index (κ2) is 9.86. The van der Waals surface area contributed by atoms with Gasteiger partial charge in [0.05, 0.1) is 27.7 Å². The fourth-order valence-corrected chi connectivity index (χ4v) is 5.72. The van der Waals surface area contributed by atoms with E-state index in [-0.39, 0.29) is 18.2 Å². The lowest BCUT2D eigenvalue weighted by molar-refractivity contribution is -0.00520. The zero-order chi connectivity index (χ0) is 22.8. The van der Waals surface area contributed by atoms with Crippen LogP contribution in [0.1, 0.15) is 60.3 Å². The second-order valence-corrected chi connectivity index (χ2v) is 13.0. The van der Waals surface area contributed by atoms with Crippen LogP contribution in [-0.2, 0) is 14.8 Å². The predicted molar refractivity (Wildman–Crippen MR) is 130 cm³/mol. The highest BCUT2D eigenvalue weighted by atomic mass is 35.5. The van der Waals surface area contributed by atoms with Crippen molar-refractivity contribution < 1.29 is 13.2 Å². The second-order valence-electron chi connectivity index (χ2n) is 10.2. The van der Waals surface area contributed by atoms with Crippen LogP contribution in [0.2, 0.25) is 5.02 Å². The van der Waals surface area contributed by atoms with Gasteiger partial charge in [0.1, 0.15) is 0 Å².